The predicted molar refractivity (Wildman–Crippen MR) is 105 cm³/mol. The predicted octanol–water partition coefficient (Wildman–Crippen LogP) is 0.585. The van der Waals surface area contributed by atoms with E-state index in [0.29, 0.717) is 54.8 Å². The lowest BCUT2D eigenvalue weighted by Crippen LogP contribution is -2.38. The van der Waals surface area contributed by atoms with E-state index in [0.717, 1.165) is 0 Å². The maximum absolute atomic E-state index is 12.4. The Bertz CT molecular complexity index is 917. The van der Waals surface area contributed by atoms with E-state index in [4.69, 9.17) is 10.5 Å². The molecule has 0 saturated carbocycles. The first-order valence-electron chi connectivity index (χ1n) is 9.06. The van der Waals surface area contributed by atoms with Gasteiger partial charge in [0.1, 0.15) is 0 Å². The van der Waals surface area contributed by atoms with E-state index in [-0.39, 0.29) is 24.3 Å². The van der Waals surface area contributed by atoms with Crippen LogP contribution in [0.1, 0.15) is 28.0 Å². The Morgan fingerprint density at radius 2 is 1.93 bits per heavy atom. The average Bonchev–Trinajstić information content (AvgIpc) is 2.68. The number of hydrogen-bond acceptors (Lipinski definition) is 6. The van der Waals surface area contributed by atoms with Gasteiger partial charge in [0.25, 0.3) is 5.56 Å². The van der Waals surface area contributed by atoms with Gasteiger partial charge in [-0.3, -0.25) is 19.4 Å². The summed E-state index contributed by atoms with van der Waals surface area (Å²) in [6, 6.07) is 6.30. The second-order valence-electron chi connectivity index (χ2n) is 6.54. The normalized spacial score (nSPS) is 14.0. The molecule has 9 nitrogen and oxygen atoms in total. The molecule has 0 unspecified atom stereocenters. The molecule has 1 saturated heterocycles. The topological polar surface area (TPSA) is 130 Å². The van der Waals surface area contributed by atoms with Gasteiger partial charge >= 0.3 is 0 Å². The van der Waals surface area contributed by atoms with Crippen LogP contribution < -0.4 is 21.5 Å². The molecule has 2 amide bonds. The number of aryl methyl sites for hydroxylation is 1. The number of benzene rings is 1. The Morgan fingerprint density at radius 1 is 1.25 bits per heavy atom. The number of carbonyl (C=O) groups is 2. The average molecular weight is 385 g/mol. The Kier molecular flexibility index (Phi) is 6.05. The van der Waals surface area contributed by atoms with Crippen molar-refractivity contribution in [3.05, 3.63) is 51.4 Å². The molecule has 2 heterocycles. The van der Waals surface area contributed by atoms with Gasteiger partial charge in [-0.1, -0.05) is 0 Å². The van der Waals surface area contributed by atoms with Crippen LogP contribution in [-0.4, -0.2) is 48.1 Å². The number of anilines is 2. The molecule has 0 spiro atoms. The first kappa shape index (κ1) is 19.6. The summed E-state index contributed by atoms with van der Waals surface area (Å²) in [5, 5.41) is 2.73. The molecule has 2 aromatic rings. The molecule has 1 aliphatic rings. The van der Waals surface area contributed by atoms with Crippen LogP contribution in [0.5, 0.6) is 0 Å². The molecular weight excluding hydrogens is 362 g/mol. The Morgan fingerprint density at radius 3 is 2.54 bits per heavy atom. The summed E-state index contributed by atoms with van der Waals surface area (Å²) in [5.41, 5.74) is 7.00. The van der Waals surface area contributed by atoms with Gasteiger partial charge in [-0.2, -0.15) is 0 Å². The van der Waals surface area contributed by atoms with Crippen molar-refractivity contribution in [2.75, 3.05) is 36.5 Å². The van der Waals surface area contributed by atoms with Gasteiger partial charge < -0.3 is 20.7 Å². The number of aromatic nitrogens is 2. The van der Waals surface area contributed by atoms with E-state index in [9.17, 15) is 14.4 Å². The molecule has 9 heteroatoms. The van der Waals surface area contributed by atoms with Crippen molar-refractivity contribution in [1.82, 2.24) is 9.97 Å². The van der Waals surface area contributed by atoms with Crippen molar-refractivity contribution in [2.24, 2.45) is 5.73 Å². The molecular formula is C19H23N5O4. The van der Waals surface area contributed by atoms with Gasteiger partial charge in [0.05, 0.1) is 13.2 Å². The second-order valence-corrected chi connectivity index (χ2v) is 6.54. The fraction of sp³-hybridized carbons (Fsp3) is 0.368. The third kappa shape index (κ3) is 4.74. The Hall–Kier alpha value is -3.20. The minimum atomic E-state index is -0.527. The van der Waals surface area contributed by atoms with Crippen LogP contribution >= 0.6 is 0 Å². The van der Waals surface area contributed by atoms with E-state index in [1.807, 2.05) is 4.90 Å². The number of primary amides is 1. The van der Waals surface area contributed by atoms with Crippen molar-refractivity contribution in [3.8, 4) is 0 Å². The van der Waals surface area contributed by atoms with Crippen LogP contribution in [0, 0.1) is 6.92 Å². The molecule has 1 aromatic carbocycles. The van der Waals surface area contributed by atoms with Gasteiger partial charge in [-0.25, -0.2) is 4.98 Å². The number of H-pyrrole nitrogens is 1. The lowest BCUT2D eigenvalue weighted by atomic mass is 10.1. The highest BCUT2D eigenvalue weighted by Crippen LogP contribution is 2.13. The van der Waals surface area contributed by atoms with Gasteiger partial charge in [0, 0.05) is 42.0 Å². The molecule has 1 aromatic heterocycles. The number of carbonyl (C=O) groups excluding carboxylic acids is 2. The van der Waals surface area contributed by atoms with E-state index in [1.165, 1.54) is 0 Å². The second kappa shape index (κ2) is 8.66. The number of hydrogen-bond donors (Lipinski definition) is 3. The minimum absolute atomic E-state index is 0.139. The van der Waals surface area contributed by atoms with Crippen molar-refractivity contribution < 1.29 is 14.3 Å². The van der Waals surface area contributed by atoms with Gasteiger partial charge in [-0.05, 0) is 37.6 Å². The zero-order valence-corrected chi connectivity index (χ0v) is 15.7. The number of amides is 2. The van der Waals surface area contributed by atoms with Crippen molar-refractivity contribution in [3.63, 3.8) is 0 Å². The molecule has 0 atom stereocenters. The van der Waals surface area contributed by atoms with Crippen molar-refractivity contribution >= 4 is 23.5 Å². The SMILES string of the molecule is Cc1nc(N2CCOCC2)[nH]c(=O)c1CCC(=O)Nc1ccc(C(N)=O)cc1. The summed E-state index contributed by atoms with van der Waals surface area (Å²) in [4.78, 5) is 45.0. The number of ether oxygens (including phenoxy) is 1. The smallest absolute Gasteiger partial charge is 0.255 e. The molecule has 0 radical (unpaired) electrons. The van der Waals surface area contributed by atoms with Gasteiger partial charge in [0.2, 0.25) is 17.8 Å². The maximum atomic E-state index is 12.4. The van der Waals surface area contributed by atoms with E-state index in [1.54, 1.807) is 31.2 Å². The Balaban J connectivity index is 1.61. The highest BCUT2D eigenvalue weighted by molar-refractivity contribution is 5.94. The Labute approximate surface area is 161 Å². The molecule has 0 aliphatic carbocycles. The molecule has 1 fully saturated rings. The fourth-order valence-electron chi connectivity index (χ4n) is 2.99. The number of morpholine rings is 1. The molecule has 1 aliphatic heterocycles. The summed E-state index contributed by atoms with van der Waals surface area (Å²) in [6.07, 6.45) is 0.419. The molecule has 28 heavy (non-hydrogen) atoms. The summed E-state index contributed by atoms with van der Waals surface area (Å²) in [7, 11) is 0. The van der Waals surface area contributed by atoms with Crippen LogP contribution in [0.4, 0.5) is 11.6 Å². The van der Waals surface area contributed by atoms with Crippen molar-refractivity contribution in [2.45, 2.75) is 19.8 Å². The molecule has 4 N–H and O–H groups in total. The van der Waals surface area contributed by atoms with E-state index >= 15 is 0 Å². The highest BCUT2D eigenvalue weighted by Gasteiger charge is 2.16. The van der Waals surface area contributed by atoms with Crippen molar-refractivity contribution in [1.29, 1.82) is 0 Å². The summed E-state index contributed by atoms with van der Waals surface area (Å²) in [5.74, 6) is -0.225. The first-order valence-corrected chi connectivity index (χ1v) is 9.06. The third-order valence-corrected chi connectivity index (χ3v) is 4.58. The third-order valence-electron chi connectivity index (χ3n) is 4.58. The van der Waals surface area contributed by atoms with Crippen LogP contribution in [0.2, 0.25) is 0 Å². The van der Waals surface area contributed by atoms with E-state index in [2.05, 4.69) is 15.3 Å². The zero-order chi connectivity index (χ0) is 20.1. The van der Waals surface area contributed by atoms with Gasteiger partial charge in [0.15, 0.2) is 0 Å². The number of aromatic amines is 1. The maximum Gasteiger partial charge on any atom is 0.255 e. The number of nitrogens with two attached hydrogens (primary N) is 1. The standard InChI is InChI=1S/C19H23N5O4/c1-12-15(18(27)23-19(21-12)24-8-10-28-11-9-24)6-7-16(25)22-14-4-2-13(3-5-14)17(20)26/h2-5H,6-11H2,1H3,(H2,20,26)(H,22,25)(H,21,23,27). The van der Waals surface area contributed by atoms with Crippen LogP contribution in [0.25, 0.3) is 0 Å². The first-order chi connectivity index (χ1) is 13.4. The largest absolute Gasteiger partial charge is 0.378 e. The van der Waals surface area contributed by atoms with Crippen LogP contribution in [0.3, 0.4) is 0 Å². The quantitative estimate of drug-likeness (QED) is 0.667. The number of nitrogens with zero attached hydrogens (tertiary/aromatic N) is 2. The molecule has 148 valence electrons. The molecule has 3 rings (SSSR count). The summed E-state index contributed by atoms with van der Waals surface area (Å²) in [6.45, 7) is 4.34. The number of rotatable bonds is 6. The molecule has 0 bridgehead atoms. The highest BCUT2D eigenvalue weighted by atomic mass is 16.5. The number of nitrogens with one attached hydrogen (secondary N) is 2. The van der Waals surface area contributed by atoms with E-state index < -0.39 is 5.91 Å². The van der Waals surface area contributed by atoms with Gasteiger partial charge in [-0.15, -0.1) is 0 Å². The monoisotopic (exact) mass is 385 g/mol. The van der Waals surface area contributed by atoms with Crippen LogP contribution in [0.15, 0.2) is 29.1 Å². The summed E-state index contributed by atoms with van der Waals surface area (Å²) < 4.78 is 5.31. The summed E-state index contributed by atoms with van der Waals surface area (Å²) >= 11 is 0. The fourth-order valence-corrected chi connectivity index (χ4v) is 2.99. The zero-order valence-electron chi connectivity index (χ0n) is 15.7. The van der Waals surface area contributed by atoms with Crippen LogP contribution in [-0.2, 0) is 16.0 Å². The lowest BCUT2D eigenvalue weighted by molar-refractivity contribution is -0.116. The lowest BCUT2D eigenvalue weighted by Gasteiger charge is -2.27. The minimum Gasteiger partial charge on any atom is -0.378 e.